The highest BCUT2D eigenvalue weighted by molar-refractivity contribution is 7.80. The van der Waals surface area contributed by atoms with E-state index >= 15 is 0 Å². The van der Waals surface area contributed by atoms with Crippen molar-refractivity contribution in [1.82, 2.24) is 10.6 Å². The summed E-state index contributed by atoms with van der Waals surface area (Å²) in [7, 11) is 0. The van der Waals surface area contributed by atoms with Gasteiger partial charge < -0.3 is 16.0 Å². The van der Waals surface area contributed by atoms with E-state index in [9.17, 15) is 4.79 Å². The highest BCUT2D eigenvalue weighted by Gasteiger charge is 2.34. The summed E-state index contributed by atoms with van der Waals surface area (Å²) in [5, 5.41) is 9.05. The fourth-order valence-corrected chi connectivity index (χ4v) is 2.24. The molecular weight excluding hydrogens is 411 g/mol. The highest BCUT2D eigenvalue weighted by Crippen LogP contribution is 2.29. The van der Waals surface area contributed by atoms with Crippen molar-refractivity contribution in [3.8, 4) is 0 Å². The Morgan fingerprint density at radius 3 is 2.45 bits per heavy atom. The van der Waals surface area contributed by atoms with Crippen LogP contribution in [0.3, 0.4) is 0 Å². The summed E-state index contributed by atoms with van der Waals surface area (Å²) in [5.41, 5.74) is 0.483. The number of halogens is 5. The topological polar surface area (TPSA) is 53.2 Å². The van der Waals surface area contributed by atoms with Gasteiger partial charge in [0.1, 0.15) is 6.17 Å². The van der Waals surface area contributed by atoms with Gasteiger partial charge in [0.25, 0.3) is 0 Å². The largest absolute Gasteiger partial charge is 0.339 e. The van der Waals surface area contributed by atoms with E-state index < -0.39 is 9.96 Å². The van der Waals surface area contributed by atoms with Gasteiger partial charge in [-0.15, -0.1) is 0 Å². The fourth-order valence-electron chi connectivity index (χ4n) is 1.35. The molecular formula is C12H12Cl5N3OS. The lowest BCUT2D eigenvalue weighted by Crippen LogP contribution is -2.56. The number of carbonyl (C=O) groups excluding carboxylic acids is 1. The Balaban J connectivity index is 2.79. The van der Waals surface area contributed by atoms with Crippen LogP contribution in [-0.4, -0.2) is 21.0 Å². The molecule has 0 aliphatic heterocycles. The van der Waals surface area contributed by atoms with Crippen LogP contribution in [0.1, 0.15) is 13.3 Å². The van der Waals surface area contributed by atoms with Crippen molar-refractivity contribution in [3.63, 3.8) is 0 Å². The number of hydrogen-bond acceptors (Lipinski definition) is 2. The molecule has 0 spiro atoms. The Morgan fingerprint density at radius 1 is 1.27 bits per heavy atom. The Kier molecular flexibility index (Phi) is 7.79. The number of nitrogens with one attached hydrogen (secondary N) is 3. The molecule has 0 aromatic heterocycles. The second kappa shape index (κ2) is 8.62. The second-order valence-electron chi connectivity index (χ2n) is 4.12. The number of carbonyl (C=O) groups is 1. The fraction of sp³-hybridized carbons (Fsp3) is 0.333. The minimum atomic E-state index is -1.80. The predicted molar refractivity (Wildman–Crippen MR) is 98.3 cm³/mol. The van der Waals surface area contributed by atoms with Crippen LogP contribution in [0.25, 0.3) is 0 Å². The first-order chi connectivity index (χ1) is 10.1. The number of thiocarbonyl (C=S) groups is 1. The van der Waals surface area contributed by atoms with E-state index in [1.807, 2.05) is 0 Å². The normalized spacial score (nSPS) is 12.5. The van der Waals surface area contributed by atoms with Crippen molar-refractivity contribution < 1.29 is 4.79 Å². The van der Waals surface area contributed by atoms with Crippen LogP contribution < -0.4 is 16.0 Å². The van der Waals surface area contributed by atoms with Gasteiger partial charge in [0, 0.05) is 11.4 Å². The average Bonchev–Trinajstić information content (AvgIpc) is 2.41. The Labute approximate surface area is 158 Å². The minimum Gasteiger partial charge on any atom is -0.339 e. The van der Waals surface area contributed by atoms with Crippen LogP contribution in [-0.2, 0) is 4.79 Å². The molecule has 0 heterocycles. The lowest BCUT2D eigenvalue weighted by Gasteiger charge is -2.27. The molecule has 0 radical (unpaired) electrons. The molecule has 0 saturated heterocycles. The van der Waals surface area contributed by atoms with Gasteiger partial charge in [-0.25, -0.2) is 0 Å². The molecule has 1 atom stereocenters. The van der Waals surface area contributed by atoms with Crippen molar-refractivity contribution in [2.45, 2.75) is 23.3 Å². The van der Waals surface area contributed by atoms with Gasteiger partial charge in [0.2, 0.25) is 9.70 Å². The van der Waals surface area contributed by atoms with E-state index in [0.717, 1.165) is 0 Å². The quantitative estimate of drug-likeness (QED) is 0.379. The summed E-state index contributed by atoms with van der Waals surface area (Å²) < 4.78 is -1.80. The maximum absolute atomic E-state index is 11.5. The smallest absolute Gasteiger partial charge is 0.228 e. The zero-order chi connectivity index (χ0) is 16.9. The zero-order valence-corrected chi connectivity index (χ0v) is 15.8. The Bertz CT molecular complexity index is 564. The van der Waals surface area contributed by atoms with Gasteiger partial charge in [0.05, 0.1) is 10.7 Å². The molecule has 0 aliphatic rings. The first kappa shape index (κ1) is 19.9. The summed E-state index contributed by atoms with van der Waals surface area (Å²) in [6.07, 6.45) is -0.776. The Morgan fingerprint density at radius 2 is 1.91 bits per heavy atom. The van der Waals surface area contributed by atoms with Crippen molar-refractivity contribution in [2.24, 2.45) is 0 Å². The van der Waals surface area contributed by atoms with E-state index in [4.69, 9.17) is 70.2 Å². The van der Waals surface area contributed by atoms with Gasteiger partial charge in [0.15, 0.2) is 5.11 Å². The first-order valence-electron chi connectivity index (χ1n) is 6.02. The molecule has 0 aliphatic carbocycles. The van der Waals surface area contributed by atoms with E-state index in [1.54, 1.807) is 25.1 Å². The summed E-state index contributed by atoms with van der Waals surface area (Å²) in [5.74, 6) is -0.299. The van der Waals surface area contributed by atoms with E-state index in [1.165, 1.54) is 0 Å². The zero-order valence-electron chi connectivity index (χ0n) is 11.2. The third-order valence-corrected chi connectivity index (χ3v) is 3.85. The molecule has 3 N–H and O–H groups in total. The van der Waals surface area contributed by atoms with Gasteiger partial charge in [-0.2, -0.15) is 0 Å². The van der Waals surface area contributed by atoms with Gasteiger partial charge in [-0.3, -0.25) is 4.79 Å². The first-order valence-corrected chi connectivity index (χ1v) is 8.32. The van der Waals surface area contributed by atoms with Crippen LogP contribution in [0.5, 0.6) is 0 Å². The molecule has 10 heteroatoms. The molecule has 1 rings (SSSR count). The number of rotatable bonds is 4. The number of anilines is 1. The Hall–Kier alpha value is -0.170. The summed E-state index contributed by atoms with van der Waals surface area (Å²) in [6, 6.07) is 4.84. The number of alkyl halides is 3. The monoisotopic (exact) mass is 421 g/mol. The maximum Gasteiger partial charge on any atom is 0.228 e. The van der Waals surface area contributed by atoms with Crippen LogP contribution in [0, 0.1) is 0 Å². The van der Waals surface area contributed by atoms with E-state index in [2.05, 4.69) is 16.0 Å². The van der Waals surface area contributed by atoms with Crippen molar-refractivity contribution >= 4 is 86.9 Å². The highest BCUT2D eigenvalue weighted by atomic mass is 35.6. The molecule has 0 bridgehead atoms. The molecule has 1 aromatic carbocycles. The lowest BCUT2D eigenvalue weighted by atomic mass is 10.3. The SMILES string of the molecule is CCC(=O)NC(NC(=S)Nc1cc(Cl)ccc1Cl)C(Cl)(Cl)Cl. The van der Waals surface area contributed by atoms with E-state index in [-0.39, 0.29) is 17.4 Å². The molecule has 1 aromatic rings. The van der Waals surface area contributed by atoms with Gasteiger partial charge >= 0.3 is 0 Å². The maximum atomic E-state index is 11.5. The third-order valence-electron chi connectivity index (χ3n) is 2.41. The third kappa shape index (κ3) is 6.52. The molecule has 4 nitrogen and oxygen atoms in total. The lowest BCUT2D eigenvalue weighted by molar-refractivity contribution is -0.121. The van der Waals surface area contributed by atoms with Crippen LogP contribution in [0.2, 0.25) is 10.0 Å². The average molecular weight is 424 g/mol. The number of amides is 1. The summed E-state index contributed by atoms with van der Waals surface area (Å²) in [4.78, 5) is 11.5. The van der Waals surface area contributed by atoms with Gasteiger partial charge in [-0.05, 0) is 30.4 Å². The van der Waals surface area contributed by atoms with Crippen LogP contribution in [0.15, 0.2) is 18.2 Å². The van der Waals surface area contributed by atoms with Crippen LogP contribution in [0.4, 0.5) is 5.69 Å². The molecule has 122 valence electrons. The van der Waals surface area contributed by atoms with Crippen LogP contribution >= 0.6 is 70.2 Å². The summed E-state index contributed by atoms with van der Waals surface area (Å²) in [6.45, 7) is 1.67. The number of hydrogen-bond donors (Lipinski definition) is 3. The molecule has 1 unspecified atom stereocenters. The van der Waals surface area contributed by atoms with Crippen molar-refractivity contribution in [1.29, 1.82) is 0 Å². The number of benzene rings is 1. The minimum absolute atomic E-state index is 0.108. The van der Waals surface area contributed by atoms with Crippen molar-refractivity contribution in [2.75, 3.05) is 5.32 Å². The predicted octanol–water partition coefficient (Wildman–Crippen LogP) is 4.50. The molecule has 0 saturated carbocycles. The summed E-state index contributed by atoms with van der Waals surface area (Å²) >= 11 is 34.5. The van der Waals surface area contributed by atoms with Crippen molar-refractivity contribution in [3.05, 3.63) is 28.2 Å². The van der Waals surface area contributed by atoms with E-state index in [0.29, 0.717) is 15.7 Å². The standard InChI is InChI=1S/C12H12Cl5N3OS/c1-2-9(21)19-10(12(15,16)17)20-11(22)18-8-5-6(13)3-4-7(8)14/h3-5,10H,2H2,1H3,(H,19,21)(H2,18,20,22). The van der Waals surface area contributed by atoms with Gasteiger partial charge in [-0.1, -0.05) is 64.9 Å². The molecule has 0 fully saturated rings. The molecule has 22 heavy (non-hydrogen) atoms. The second-order valence-corrected chi connectivity index (χ2v) is 7.74. The molecule has 1 amide bonds.